The Morgan fingerprint density at radius 2 is 0.974 bits per heavy atom. The number of phenolic OH excluding ortho intramolecular Hbond substituents is 1. The predicted octanol–water partition coefficient (Wildman–Crippen LogP) is -5.37. The summed E-state index contributed by atoms with van der Waals surface area (Å²) in [5, 5.41) is 59.5. The number of nitrogens with two attached hydrogens (primary N) is 3. The molecule has 0 heterocycles. The van der Waals surface area contributed by atoms with E-state index in [9.17, 15) is 82.8 Å². The van der Waals surface area contributed by atoms with Crippen molar-refractivity contribution in [3.05, 3.63) is 29.8 Å². The van der Waals surface area contributed by atoms with Gasteiger partial charge in [0, 0.05) is 12.2 Å². The monoisotopic (exact) mass is 1110 g/mol. The van der Waals surface area contributed by atoms with Crippen molar-refractivity contribution < 1.29 is 82.8 Å². The molecule has 0 fully saturated rings. The molecule has 0 aromatic heterocycles. The Morgan fingerprint density at radius 3 is 1.45 bits per heavy atom. The van der Waals surface area contributed by atoms with E-state index in [1.165, 1.54) is 46.8 Å². The van der Waals surface area contributed by atoms with Crippen molar-refractivity contribution in [3.63, 3.8) is 0 Å². The molecule has 29 nitrogen and oxygen atoms in total. The minimum Gasteiger partial charge on any atom is -0.508 e. The lowest BCUT2D eigenvalue weighted by Gasteiger charge is -2.28. The Kier molecular flexibility index (Phi) is 28.7. The molecule has 11 amide bonds. The Bertz CT molecular complexity index is 2290. The number of carboxylic acid groups (broad SMARTS) is 2. The highest BCUT2D eigenvalue weighted by Gasteiger charge is 2.37. The van der Waals surface area contributed by atoms with Gasteiger partial charge in [-0.05, 0) is 55.2 Å². The maximum absolute atomic E-state index is 13.7. The number of phenols is 1. The summed E-state index contributed by atoms with van der Waals surface area (Å²) in [7, 11) is 0. The van der Waals surface area contributed by atoms with Crippen LogP contribution in [0.15, 0.2) is 24.3 Å². The second-order valence-corrected chi connectivity index (χ2v) is 19.2. The van der Waals surface area contributed by atoms with Crippen LogP contribution in [-0.4, -0.2) is 170 Å². The zero-order valence-corrected chi connectivity index (χ0v) is 44.6. The van der Waals surface area contributed by atoms with E-state index in [-0.39, 0.29) is 25.0 Å². The smallest absolute Gasteiger partial charge is 0.326 e. The number of rotatable bonds is 34. The Balaban J connectivity index is 3.22. The molecule has 0 spiro atoms. The molecule has 30 heteroatoms. The third kappa shape index (κ3) is 23.5. The van der Waals surface area contributed by atoms with Crippen molar-refractivity contribution in [1.82, 2.24) is 47.9 Å². The molecule has 1 aromatic rings. The number of thiol groups is 1. The summed E-state index contributed by atoms with van der Waals surface area (Å²) in [6.45, 7) is 9.37. The number of primary amides is 2. The van der Waals surface area contributed by atoms with E-state index in [2.05, 4.69) is 60.5 Å². The molecular formula is C47H74N12O17S. The van der Waals surface area contributed by atoms with E-state index >= 15 is 0 Å². The molecule has 77 heavy (non-hydrogen) atoms. The van der Waals surface area contributed by atoms with E-state index in [0.717, 1.165) is 0 Å². The van der Waals surface area contributed by atoms with Gasteiger partial charge in [0.05, 0.1) is 25.5 Å². The quantitative estimate of drug-likeness (QED) is 0.0287. The van der Waals surface area contributed by atoms with Gasteiger partial charge in [-0.15, -0.1) is 0 Å². The summed E-state index contributed by atoms with van der Waals surface area (Å²) in [6.07, 6.45) is -2.47. The number of hydrogen-bond donors (Lipinski definition) is 17. The molecular weight excluding hydrogens is 1040 g/mol. The zero-order valence-electron chi connectivity index (χ0n) is 43.7. The lowest BCUT2D eigenvalue weighted by atomic mass is 9.97. The van der Waals surface area contributed by atoms with Gasteiger partial charge in [0.1, 0.15) is 60.1 Å². The number of benzene rings is 1. The molecule has 0 radical (unpaired) electrons. The zero-order chi connectivity index (χ0) is 59.0. The molecule has 0 unspecified atom stereocenters. The first kappa shape index (κ1) is 67.4. The van der Waals surface area contributed by atoms with E-state index < -0.39 is 180 Å². The van der Waals surface area contributed by atoms with Crippen LogP contribution in [0.25, 0.3) is 0 Å². The normalized spacial score (nSPS) is 15.4. The topological polar surface area (TPSA) is 489 Å². The second kappa shape index (κ2) is 32.8. The highest BCUT2D eigenvalue weighted by Crippen LogP contribution is 2.14. The van der Waals surface area contributed by atoms with E-state index in [0.29, 0.717) is 12.0 Å². The first-order valence-corrected chi connectivity index (χ1v) is 25.0. The van der Waals surface area contributed by atoms with Crippen molar-refractivity contribution in [2.45, 2.75) is 147 Å². The summed E-state index contributed by atoms with van der Waals surface area (Å²) in [5.74, 6) is -17.0. The van der Waals surface area contributed by atoms with Crippen molar-refractivity contribution in [2.24, 2.45) is 35.0 Å². The van der Waals surface area contributed by atoms with Crippen LogP contribution in [-0.2, 0) is 68.7 Å². The number of amides is 11. The molecule has 11 atom stereocenters. The Morgan fingerprint density at radius 1 is 0.532 bits per heavy atom. The van der Waals surface area contributed by atoms with Crippen LogP contribution < -0.4 is 65.1 Å². The maximum atomic E-state index is 13.7. The summed E-state index contributed by atoms with van der Waals surface area (Å²) in [5.41, 5.74) is 17.2. The molecule has 430 valence electrons. The SMILES string of the molecule is CC[C@H](C)[C@H](NC(=O)[C@@H](N)Cc1ccc(O)cc1)C(=O)N[C@@H](CO)C(=O)N[C@@H](CC(N)=O)C(=O)N[C@@H](CC(=O)O)C(=O)N[C@H](C(=O)N[C@@H](CS)C(=O)N[C@@H](C)C(=O)N[C@@H](CCC(N)=O)C(=O)N[C@H](C(=O)O)C(C)C)C(C)C. The number of aliphatic hydroxyl groups excluding tert-OH is 1. The fourth-order valence-electron chi connectivity index (χ4n) is 6.98. The maximum Gasteiger partial charge on any atom is 0.326 e. The van der Waals surface area contributed by atoms with Gasteiger partial charge < -0.3 is 85.5 Å². The number of nitrogens with one attached hydrogen (secondary N) is 9. The highest BCUT2D eigenvalue weighted by atomic mass is 32.1. The number of carboxylic acids is 2. The minimum atomic E-state index is -2.02. The standard InChI is InChI=1S/C47H74N12O17S/c1-8-22(6)37(59-39(67)26(48)15-24-9-11-25(61)12-10-24)46(74)55-30(18-60)43(71)53-28(16-33(50)63)41(69)54-29(17-34(64)65)42(70)57-35(20(2)3)45(73)56-31(19-77)44(72)51-23(7)38(66)52-27(13-14-32(49)62)40(68)58-36(21(4)5)47(75)76/h9-12,20-23,26-31,35-37,60-61,77H,8,13-19,48H2,1-7H3,(H2,49,62)(H2,50,63)(H,51,72)(H,52,66)(H,53,71)(H,54,69)(H,55,74)(H,56,73)(H,57,70)(H,58,68)(H,59,67)(H,64,65)(H,75,76)/t22-,23-,26-,27-,28-,29-,30-,31-,35-,36-,37-/m0/s1. The third-order valence-electron chi connectivity index (χ3n) is 11.7. The number of carbonyl (C=O) groups excluding carboxylic acids is 11. The molecule has 0 saturated carbocycles. The van der Waals surface area contributed by atoms with Crippen LogP contribution in [0.1, 0.15) is 86.1 Å². The van der Waals surface area contributed by atoms with Crippen LogP contribution in [0, 0.1) is 17.8 Å². The van der Waals surface area contributed by atoms with Gasteiger partial charge in [0.25, 0.3) is 0 Å². The first-order chi connectivity index (χ1) is 35.9. The summed E-state index contributed by atoms with van der Waals surface area (Å²) < 4.78 is 0. The van der Waals surface area contributed by atoms with Crippen molar-refractivity contribution >= 4 is 89.5 Å². The van der Waals surface area contributed by atoms with Gasteiger partial charge in [-0.3, -0.25) is 57.5 Å². The molecule has 0 saturated heterocycles. The van der Waals surface area contributed by atoms with Gasteiger partial charge in [-0.1, -0.05) is 60.1 Å². The molecule has 0 aliphatic carbocycles. The number of aliphatic carboxylic acids is 2. The number of hydrogen-bond acceptors (Lipinski definition) is 17. The largest absolute Gasteiger partial charge is 0.508 e. The van der Waals surface area contributed by atoms with Crippen LogP contribution >= 0.6 is 12.6 Å². The average Bonchev–Trinajstić information content (AvgIpc) is 3.34. The minimum absolute atomic E-state index is 0.0108. The lowest BCUT2D eigenvalue weighted by Crippen LogP contribution is -2.62. The van der Waals surface area contributed by atoms with E-state index in [4.69, 9.17) is 17.2 Å². The molecule has 0 aliphatic heterocycles. The predicted molar refractivity (Wildman–Crippen MR) is 275 cm³/mol. The number of carbonyl (C=O) groups is 13. The molecule has 0 bridgehead atoms. The van der Waals surface area contributed by atoms with Crippen molar-refractivity contribution in [2.75, 3.05) is 12.4 Å². The van der Waals surface area contributed by atoms with Gasteiger partial charge >= 0.3 is 11.9 Å². The van der Waals surface area contributed by atoms with Crippen LogP contribution in [0.4, 0.5) is 0 Å². The number of aromatic hydroxyl groups is 1. The first-order valence-electron chi connectivity index (χ1n) is 24.4. The highest BCUT2D eigenvalue weighted by molar-refractivity contribution is 7.80. The molecule has 19 N–H and O–H groups in total. The van der Waals surface area contributed by atoms with E-state index in [1.807, 2.05) is 0 Å². The van der Waals surface area contributed by atoms with Gasteiger partial charge in [-0.2, -0.15) is 12.6 Å². The van der Waals surface area contributed by atoms with Crippen LogP contribution in [0.5, 0.6) is 5.75 Å². The van der Waals surface area contributed by atoms with Gasteiger partial charge in [-0.25, -0.2) is 4.79 Å². The fraction of sp³-hybridized carbons (Fsp3) is 0.596. The summed E-state index contributed by atoms with van der Waals surface area (Å²) in [4.78, 5) is 168. The van der Waals surface area contributed by atoms with Gasteiger partial charge in [0.15, 0.2) is 0 Å². The summed E-state index contributed by atoms with van der Waals surface area (Å²) in [6, 6.07) is -9.75. The fourth-order valence-corrected chi connectivity index (χ4v) is 7.24. The summed E-state index contributed by atoms with van der Waals surface area (Å²) >= 11 is 4.11. The third-order valence-corrected chi connectivity index (χ3v) is 12.1. The van der Waals surface area contributed by atoms with E-state index in [1.54, 1.807) is 26.0 Å². The van der Waals surface area contributed by atoms with Crippen molar-refractivity contribution in [1.29, 1.82) is 0 Å². The number of aliphatic hydroxyl groups is 1. The molecule has 1 aromatic carbocycles. The van der Waals surface area contributed by atoms with Crippen molar-refractivity contribution in [3.8, 4) is 5.75 Å². The van der Waals surface area contributed by atoms with Gasteiger partial charge in [0.2, 0.25) is 65.0 Å². The molecule has 0 aliphatic rings. The lowest BCUT2D eigenvalue weighted by molar-refractivity contribution is -0.143. The molecule has 1 rings (SSSR count). The second-order valence-electron chi connectivity index (χ2n) is 18.8. The Hall–Kier alpha value is -7.60. The van der Waals surface area contributed by atoms with Crippen LogP contribution in [0.3, 0.4) is 0 Å². The van der Waals surface area contributed by atoms with Crippen LogP contribution in [0.2, 0.25) is 0 Å². The Labute approximate surface area is 449 Å². The average molecular weight is 1110 g/mol.